The highest BCUT2D eigenvalue weighted by Gasteiger charge is 2.37. The summed E-state index contributed by atoms with van der Waals surface area (Å²) in [6.45, 7) is 6.81. The molecule has 0 saturated carbocycles. The minimum absolute atomic E-state index is 0.00697. The predicted octanol–water partition coefficient (Wildman–Crippen LogP) is 3.97. The third-order valence-corrected chi connectivity index (χ3v) is 5.50. The summed E-state index contributed by atoms with van der Waals surface area (Å²) in [7, 11) is 0. The molecule has 1 aliphatic carbocycles. The second-order valence-electron chi connectivity index (χ2n) is 5.71. The number of carbonyl (C=O) groups excluding carboxylic acids is 2. The zero-order valence-electron chi connectivity index (χ0n) is 13.3. The molecule has 1 aromatic rings. The van der Waals surface area contributed by atoms with Crippen LogP contribution in [0.15, 0.2) is 29.8 Å². The number of alkyl halides is 1. The average molecular weight is 364 g/mol. The minimum Gasteiger partial charge on any atom is -0.352 e. The van der Waals surface area contributed by atoms with Gasteiger partial charge in [-0.25, -0.2) is 0 Å². The van der Waals surface area contributed by atoms with Crippen molar-refractivity contribution in [3.8, 4) is 0 Å². The van der Waals surface area contributed by atoms with Crippen LogP contribution in [0.1, 0.15) is 49.5 Å². The Morgan fingerprint density at radius 2 is 1.86 bits per heavy atom. The van der Waals surface area contributed by atoms with E-state index in [0.717, 1.165) is 24.0 Å². The number of hydrogen-bond acceptors (Lipinski definition) is 2. The Morgan fingerprint density at radius 1 is 1.23 bits per heavy atom. The number of rotatable bonds is 6. The first-order valence-electron chi connectivity index (χ1n) is 7.83. The second-order valence-corrected chi connectivity index (χ2v) is 6.69. The van der Waals surface area contributed by atoms with Gasteiger partial charge in [0.25, 0.3) is 5.91 Å². The summed E-state index contributed by atoms with van der Waals surface area (Å²) < 4.78 is 0. The quantitative estimate of drug-likeness (QED) is 0.613. The van der Waals surface area contributed by atoms with Gasteiger partial charge in [-0.15, -0.1) is 0 Å². The van der Waals surface area contributed by atoms with Crippen LogP contribution >= 0.6 is 15.9 Å². The van der Waals surface area contributed by atoms with Gasteiger partial charge in [0.2, 0.25) is 0 Å². The summed E-state index contributed by atoms with van der Waals surface area (Å²) in [5.74, 6) is -0.0827. The smallest absolute Gasteiger partial charge is 0.255 e. The molecule has 0 fully saturated rings. The minimum atomic E-state index is -0.259. The summed E-state index contributed by atoms with van der Waals surface area (Å²) in [4.78, 5) is 25.2. The van der Waals surface area contributed by atoms with Gasteiger partial charge in [0, 0.05) is 16.9 Å². The van der Waals surface area contributed by atoms with Gasteiger partial charge in [-0.3, -0.25) is 9.59 Å². The molecular formula is C18H22BrNO2. The highest BCUT2D eigenvalue weighted by Crippen LogP contribution is 2.40. The Hall–Kier alpha value is -1.42. The van der Waals surface area contributed by atoms with Crippen LogP contribution in [0.4, 0.5) is 0 Å². The maximum atomic E-state index is 12.7. The monoisotopic (exact) mass is 363 g/mol. The van der Waals surface area contributed by atoms with Crippen LogP contribution in [0.5, 0.6) is 0 Å². The fraction of sp³-hybridized carbons (Fsp3) is 0.444. The average Bonchev–Trinajstić information content (AvgIpc) is 2.84. The molecule has 3 nitrogen and oxygen atoms in total. The summed E-state index contributed by atoms with van der Waals surface area (Å²) >= 11 is 3.71. The number of allylic oxidation sites excluding steroid dienone is 1. The third kappa shape index (κ3) is 3.02. The van der Waals surface area contributed by atoms with Crippen LogP contribution in [-0.4, -0.2) is 23.1 Å². The van der Waals surface area contributed by atoms with E-state index in [1.54, 1.807) is 6.07 Å². The van der Waals surface area contributed by atoms with Crippen LogP contribution < -0.4 is 5.32 Å². The molecule has 0 heterocycles. The number of fused-ring (bicyclic) bond motifs is 1. The van der Waals surface area contributed by atoms with Crippen LogP contribution in [0.25, 0.3) is 5.57 Å². The van der Waals surface area contributed by atoms with E-state index in [1.165, 1.54) is 0 Å². The lowest BCUT2D eigenvalue weighted by molar-refractivity contribution is -0.117. The van der Waals surface area contributed by atoms with Crippen molar-refractivity contribution in [2.24, 2.45) is 5.92 Å². The van der Waals surface area contributed by atoms with Gasteiger partial charge in [-0.05, 0) is 23.5 Å². The van der Waals surface area contributed by atoms with Crippen LogP contribution in [0, 0.1) is 5.92 Å². The van der Waals surface area contributed by atoms with Crippen molar-refractivity contribution in [3.05, 3.63) is 41.0 Å². The molecule has 0 bridgehead atoms. The van der Waals surface area contributed by atoms with Crippen LogP contribution in [0.2, 0.25) is 0 Å². The molecule has 1 N–H and O–H groups in total. The molecule has 1 amide bonds. The van der Waals surface area contributed by atoms with E-state index in [4.69, 9.17) is 0 Å². The number of hydrogen-bond donors (Lipinski definition) is 1. The molecular weight excluding hydrogens is 342 g/mol. The van der Waals surface area contributed by atoms with Crippen molar-refractivity contribution in [3.63, 3.8) is 0 Å². The first kappa shape index (κ1) is 16.9. The van der Waals surface area contributed by atoms with Crippen LogP contribution in [-0.2, 0) is 4.79 Å². The highest BCUT2D eigenvalue weighted by atomic mass is 79.9. The van der Waals surface area contributed by atoms with E-state index in [9.17, 15) is 9.59 Å². The van der Waals surface area contributed by atoms with E-state index in [0.29, 0.717) is 23.6 Å². The molecule has 4 heteroatoms. The third-order valence-electron chi connectivity index (χ3n) is 4.14. The Bertz CT molecular complexity index is 621. The van der Waals surface area contributed by atoms with Gasteiger partial charge in [-0.2, -0.15) is 0 Å². The van der Waals surface area contributed by atoms with Crippen molar-refractivity contribution < 1.29 is 9.59 Å². The number of Topliss-reactive ketones (excluding diaryl/α,β-unsaturated/α-hetero) is 1. The summed E-state index contributed by atoms with van der Waals surface area (Å²) in [5.41, 5.74) is 2.66. The molecule has 0 saturated heterocycles. The fourth-order valence-corrected chi connectivity index (χ4v) is 3.49. The van der Waals surface area contributed by atoms with E-state index in [1.807, 2.05) is 25.1 Å². The van der Waals surface area contributed by atoms with E-state index >= 15 is 0 Å². The van der Waals surface area contributed by atoms with Gasteiger partial charge in [0.05, 0.1) is 5.57 Å². The van der Waals surface area contributed by atoms with E-state index < -0.39 is 0 Å². The topological polar surface area (TPSA) is 46.2 Å². The maximum absolute atomic E-state index is 12.7. The molecule has 0 aliphatic heterocycles. The van der Waals surface area contributed by atoms with Crippen molar-refractivity contribution in [1.82, 2.24) is 5.32 Å². The molecule has 0 aromatic heterocycles. The Balaban J connectivity index is 2.52. The van der Waals surface area contributed by atoms with E-state index in [-0.39, 0.29) is 16.5 Å². The lowest BCUT2D eigenvalue weighted by Crippen LogP contribution is -2.29. The van der Waals surface area contributed by atoms with Gasteiger partial charge in [0.15, 0.2) is 5.78 Å². The van der Waals surface area contributed by atoms with Crippen molar-refractivity contribution in [2.45, 2.75) is 38.4 Å². The molecule has 1 aromatic carbocycles. The zero-order valence-corrected chi connectivity index (χ0v) is 14.9. The fourth-order valence-electron chi connectivity index (χ4n) is 2.64. The highest BCUT2D eigenvalue weighted by molar-refractivity contribution is 9.09. The van der Waals surface area contributed by atoms with Crippen molar-refractivity contribution >= 4 is 33.2 Å². The van der Waals surface area contributed by atoms with Gasteiger partial charge >= 0.3 is 0 Å². The number of halogens is 1. The first-order chi connectivity index (χ1) is 10.5. The molecule has 1 aliphatic rings. The Kier molecular flexibility index (Phi) is 5.57. The lowest BCUT2D eigenvalue weighted by Gasteiger charge is -2.20. The zero-order chi connectivity index (χ0) is 16.3. The molecule has 22 heavy (non-hydrogen) atoms. The lowest BCUT2D eigenvalue weighted by atomic mass is 9.93. The number of benzene rings is 1. The SMILES string of the molecule is CCCNC(=O)C1=C(C(Br)C(C)CC)c2ccccc2C1=O. The first-order valence-corrected chi connectivity index (χ1v) is 8.74. The number of carbonyl (C=O) groups is 2. The number of amides is 1. The molecule has 2 rings (SSSR count). The second kappa shape index (κ2) is 7.23. The largest absolute Gasteiger partial charge is 0.352 e. The van der Waals surface area contributed by atoms with Crippen molar-refractivity contribution in [1.29, 1.82) is 0 Å². The normalized spacial score (nSPS) is 16.5. The molecule has 2 unspecified atom stereocenters. The van der Waals surface area contributed by atoms with Gasteiger partial charge in [0.1, 0.15) is 0 Å². The predicted molar refractivity (Wildman–Crippen MR) is 93.2 cm³/mol. The van der Waals surface area contributed by atoms with Gasteiger partial charge in [-0.1, -0.05) is 67.4 Å². The van der Waals surface area contributed by atoms with Crippen molar-refractivity contribution in [2.75, 3.05) is 6.54 Å². The Morgan fingerprint density at radius 3 is 2.45 bits per heavy atom. The Labute approximate surface area is 140 Å². The number of ketones is 1. The maximum Gasteiger partial charge on any atom is 0.255 e. The van der Waals surface area contributed by atoms with Crippen LogP contribution in [0.3, 0.4) is 0 Å². The molecule has 2 atom stereocenters. The summed E-state index contributed by atoms with van der Waals surface area (Å²) in [6.07, 6.45) is 1.82. The molecule has 118 valence electrons. The van der Waals surface area contributed by atoms with Gasteiger partial charge < -0.3 is 5.32 Å². The standard InChI is InChI=1S/C18H22BrNO2/c1-4-10-20-18(22)15-14(16(19)11(3)5-2)12-8-6-7-9-13(12)17(15)21/h6-9,11,16H,4-5,10H2,1-3H3,(H,20,22). The summed E-state index contributed by atoms with van der Waals surface area (Å²) in [6, 6.07) is 7.48. The molecule has 0 spiro atoms. The number of nitrogens with one attached hydrogen (secondary N) is 1. The van der Waals surface area contributed by atoms with E-state index in [2.05, 4.69) is 35.1 Å². The molecule has 0 radical (unpaired) electrons. The summed E-state index contributed by atoms with van der Waals surface area (Å²) in [5, 5.41) is 2.84.